The molecule has 0 fully saturated rings. The molecule has 7 nitrogen and oxygen atoms in total. The van der Waals surface area contributed by atoms with Crippen LogP contribution in [-0.2, 0) is 11.8 Å². The highest BCUT2D eigenvalue weighted by molar-refractivity contribution is 5.85. The van der Waals surface area contributed by atoms with Crippen LogP contribution in [0.1, 0.15) is 24.1 Å². The van der Waals surface area contributed by atoms with Crippen molar-refractivity contribution in [2.45, 2.75) is 19.9 Å². The van der Waals surface area contributed by atoms with Gasteiger partial charge < -0.3 is 10.6 Å². The minimum atomic E-state index is -0.0447. The quantitative estimate of drug-likeness (QED) is 0.491. The first-order chi connectivity index (χ1) is 14.0. The first kappa shape index (κ1) is 18.6. The van der Waals surface area contributed by atoms with Gasteiger partial charge in [-0.3, -0.25) is 9.48 Å². The number of benzene rings is 2. The van der Waals surface area contributed by atoms with Crippen molar-refractivity contribution < 1.29 is 4.79 Å². The maximum atomic E-state index is 10.8. The van der Waals surface area contributed by atoms with Gasteiger partial charge in [0.1, 0.15) is 0 Å². The highest BCUT2D eigenvalue weighted by atomic mass is 16.1. The van der Waals surface area contributed by atoms with Crippen molar-refractivity contribution in [3.63, 3.8) is 0 Å². The lowest BCUT2D eigenvalue weighted by Crippen LogP contribution is -2.16. The van der Waals surface area contributed by atoms with Gasteiger partial charge in [0.2, 0.25) is 12.4 Å². The Balaban J connectivity index is 1.66. The summed E-state index contributed by atoms with van der Waals surface area (Å²) in [6, 6.07) is 12.4. The molecule has 1 atom stereocenters. The molecule has 4 aromatic rings. The number of hydrogen-bond donors (Lipinski definition) is 2. The van der Waals surface area contributed by atoms with Crippen LogP contribution in [0.5, 0.6) is 0 Å². The molecule has 4 rings (SSSR count). The summed E-state index contributed by atoms with van der Waals surface area (Å²) in [5.74, 6) is 0.533. The fourth-order valence-electron chi connectivity index (χ4n) is 3.29. The maximum Gasteiger partial charge on any atom is 0.227 e. The first-order valence-corrected chi connectivity index (χ1v) is 9.36. The summed E-state index contributed by atoms with van der Waals surface area (Å²) in [6.45, 7) is 4.05. The molecule has 0 aliphatic heterocycles. The first-order valence-electron chi connectivity index (χ1n) is 9.36. The Kier molecular flexibility index (Phi) is 4.95. The van der Waals surface area contributed by atoms with Crippen LogP contribution >= 0.6 is 0 Å². The Bertz CT molecular complexity index is 1180. The largest absolute Gasteiger partial charge is 0.352 e. The predicted octanol–water partition coefficient (Wildman–Crippen LogP) is 3.89. The molecule has 146 valence electrons. The van der Waals surface area contributed by atoms with Gasteiger partial charge in [0.15, 0.2) is 0 Å². The van der Waals surface area contributed by atoms with E-state index in [4.69, 9.17) is 0 Å². The molecule has 29 heavy (non-hydrogen) atoms. The Morgan fingerprint density at radius 2 is 2.00 bits per heavy atom. The van der Waals surface area contributed by atoms with Gasteiger partial charge in [0.05, 0.1) is 23.4 Å². The highest BCUT2D eigenvalue weighted by Gasteiger charge is 2.10. The SMILES string of the molecule is Cc1ccc(C(C)NC=O)cc1-c1ccc2nc(Nc3cnn(C)c3)ncc2c1. The number of carbonyl (C=O) groups is 1. The number of aryl methyl sites for hydroxylation is 2. The molecular formula is C22H22N6O. The molecule has 0 radical (unpaired) electrons. The fraction of sp³-hybridized carbons (Fsp3) is 0.182. The number of amides is 1. The second kappa shape index (κ2) is 7.71. The molecule has 2 aromatic heterocycles. The number of nitrogens with zero attached hydrogens (tertiary/aromatic N) is 4. The van der Waals surface area contributed by atoms with Crippen LogP contribution in [0.3, 0.4) is 0 Å². The number of anilines is 2. The molecule has 0 spiro atoms. The van der Waals surface area contributed by atoms with E-state index in [1.807, 2.05) is 38.5 Å². The second-order valence-corrected chi connectivity index (χ2v) is 7.08. The van der Waals surface area contributed by atoms with Gasteiger partial charge in [0, 0.05) is 24.8 Å². The van der Waals surface area contributed by atoms with Crippen molar-refractivity contribution >= 4 is 28.9 Å². The normalized spacial score (nSPS) is 12.0. The van der Waals surface area contributed by atoms with Crippen LogP contribution in [0, 0.1) is 6.92 Å². The van der Waals surface area contributed by atoms with Gasteiger partial charge in [-0.2, -0.15) is 5.10 Å². The summed E-state index contributed by atoms with van der Waals surface area (Å²) in [7, 11) is 1.86. The van der Waals surface area contributed by atoms with Crippen LogP contribution < -0.4 is 10.6 Å². The Morgan fingerprint density at radius 3 is 2.76 bits per heavy atom. The summed E-state index contributed by atoms with van der Waals surface area (Å²) in [5.41, 5.74) is 6.15. The second-order valence-electron chi connectivity index (χ2n) is 7.08. The number of rotatable bonds is 6. The van der Waals surface area contributed by atoms with E-state index >= 15 is 0 Å². The van der Waals surface area contributed by atoms with E-state index < -0.39 is 0 Å². The summed E-state index contributed by atoms with van der Waals surface area (Å²) < 4.78 is 1.72. The van der Waals surface area contributed by atoms with Gasteiger partial charge in [-0.05, 0) is 54.3 Å². The molecule has 1 amide bonds. The summed E-state index contributed by atoms with van der Waals surface area (Å²) in [5, 5.41) is 11.1. The van der Waals surface area contributed by atoms with Crippen LogP contribution in [0.15, 0.2) is 55.0 Å². The van der Waals surface area contributed by atoms with Crippen LogP contribution in [0.4, 0.5) is 11.6 Å². The summed E-state index contributed by atoms with van der Waals surface area (Å²) >= 11 is 0. The molecule has 0 aliphatic rings. The van der Waals surface area contributed by atoms with Crippen molar-refractivity contribution in [1.29, 1.82) is 0 Å². The van der Waals surface area contributed by atoms with Gasteiger partial charge in [0.25, 0.3) is 0 Å². The Labute approximate surface area is 168 Å². The van der Waals surface area contributed by atoms with E-state index in [2.05, 4.69) is 56.9 Å². The zero-order chi connectivity index (χ0) is 20.4. The van der Waals surface area contributed by atoms with Gasteiger partial charge in [-0.15, -0.1) is 0 Å². The van der Waals surface area contributed by atoms with E-state index in [9.17, 15) is 4.79 Å². The van der Waals surface area contributed by atoms with Gasteiger partial charge >= 0.3 is 0 Å². The molecule has 7 heteroatoms. The average Bonchev–Trinajstić information content (AvgIpc) is 3.12. The van der Waals surface area contributed by atoms with Crippen molar-refractivity contribution in [3.05, 3.63) is 66.1 Å². The Morgan fingerprint density at radius 1 is 1.14 bits per heavy atom. The maximum absolute atomic E-state index is 10.8. The van der Waals surface area contributed by atoms with Gasteiger partial charge in [-0.1, -0.05) is 18.2 Å². The molecule has 1 unspecified atom stereocenters. The molecule has 2 aromatic carbocycles. The van der Waals surface area contributed by atoms with Crippen molar-refractivity contribution in [3.8, 4) is 11.1 Å². The lowest BCUT2D eigenvalue weighted by atomic mass is 9.95. The molecule has 2 heterocycles. The standard InChI is InChI=1S/C22H22N6O/c1-14-4-5-16(15(2)24-13-29)9-20(14)17-6-7-21-18(8-17)10-23-22(27-21)26-19-11-25-28(3)12-19/h4-13,15H,1-3H3,(H,24,29)(H,23,26,27). The van der Waals surface area contributed by atoms with E-state index in [1.54, 1.807) is 10.9 Å². The summed E-state index contributed by atoms with van der Waals surface area (Å²) in [6.07, 6.45) is 6.15. The van der Waals surface area contributed by atoms with E-state index in [0.717, 1.165) is 39.7 Å². The van der Waals surface area contributed by atoms with Gasteiger partial charge in [-0.25, -0.2) is 9.97 Å². The molecule has 0 saturated heterocycles. The predicted molar refractivity (Wildman–Crippen MR) is 114 cm³/mol. The third-order valence-corrected chi connectivity index (χ3v) is 4.93. The zero-order valence-corrected chi connectivity index (χ0v) is 16.5. The van der Waals surface area contributed by atoms with Crippen molar-refractivity contribution in [2.75, 3.05) is 5.32 Å². The minimum absolute atomic E-state index is 0.0447. The highest BCUT2D eigenvalue weighted by Crippen LogP contribution is 2.29. The molecular weight excluding hydrogens is 364 g/mol. The monoisotopic (exact) mass is 386 g/mol. The molecule has 0 bridgehead atoms. The van der Waals surface area contributed by atoms with E-state index in [0.29, 0.717) is 5.95 Å². The number of carbonyl (C=O) groups excluding carboxylic acids is 1. The third-order valence-electron chi connectivity index (χ3n) is 4.93. The molecule has 0 aliphatic carbocycles. The minimum Gasteiger partial charge on any atom is -0.352 e. The number of aromatic nitrogens is 4. The lowest BCUT2D eigenvalue weighted by molar-refractivity contribution is -0.110. The van der Waals surface area contributed by atoms with Crippen LogP contribution in [-0.4, -0.2) is 26.2 Å². The lowest BCUT2D eigenvalue weighted by Gasteiger charge is -2.14. The average molecular weight is 386 g/mol. The smallest absolute Gasteiger partial charge is 0.227 e. The van der Waals surface area contributed by atoms with Crippen molar-refractivity contribution in [1.82, 2.24) is 25.1 Å². The zero-order valence-electron chi connectivity index (χ0n) is 16.5. The third kappa shape index (κ3) is 3.94. The van der Waals surface area contributed by atoms with E-state index in [-0.39, 0.29) is 6.04 Å². The van der Waals surface area contributed by atoms with Crippen LogP contribution in [0.25, 0.3) is 22.0 Å². The Hall–Kier alpha value is -3.74. The topological polar surface area (TPSA) is 84.7 Å². The summed E-state index contributed by atoms with van der Waals surface area (Å²) in [4.78, 5) is 19.8. The van der Waals surface area contributed by atoms with Crippen molar-refractivity contribution in [2.24, 2.45) is 7.05 Å². The molecule has 0 saturated carbocycles. The number of nitrogens with one attached hydrogen (secondary N) is 2. The fourth-order valence-corrected chi connectivity index (χ4v) is 3.29. The number of fused-ring (bicyclic) bond motifs is 1. The van der Waals surface area contributed by atoms with E-state index in [1.165, 1.54) is 5.56 Å². The van der Waals surface area contributed by atoms with Crippen LogP contribution in [0.2, 0.25) is 0 Å². The number of hydrogen-bond acceptors (Lipinski definition) is 5. The molecule has 2 N–H and O–H groups in total.